The molecular formula is C21H22ClF3N4O. The number of nitrogens with zero attached hydrogens (tertiary/aromatic N) is 4. The SMILES string of the molecule is CN(C)CCN(C)c1cccc2c(=O)n(-c3ccc(C(F)(F)F)cc3)c(CCl)nc12. The first-order chi connectivity index (χ1) is 14.1. The molecule has 1 heterocycles. The molecule has 0 saturated heterocycles. The van der Waals surface area contributed by atoms with Gasteiger partial charge in [-0.1, -0.05) is 6.07 Å². The number of anilines is 1. The molecule has 30 heavy (non-hydrogen) atoms. The lowest BCUT2D eigenvalue weighted by molar-refractivity contribution is -0.137. The zero-order chi connectivity index (χ0) is 22.1. The maximum Gasteiger partial charge on any atom is 0.416 e. The van der Waals surface area contributed by atoms with E-state index in [2.05, 4.69) is 9.88 Å². The molecule has 0 aliphatic carbocycles. The Morgan fingerprint density at radius 2 is 1.70 bits per heavy atom. The summed E-state index contributed by atoms with van der Waals surface area (Å²) in [7, 11) is 5.87. The molecule has 0 atom stereocenters. The topological polar surface area (TPSA) is 41.4 Å². The number of benzene rings is 2. The van der Waals surface area contributed by atoms with Crippen molar-refractivity contribution < 1.29 is 13.2 Å². The van der Waals surface area contributed by atoms with Gasteiger partial charge in [0.05, 0.1) is 28.2 Å². The van der Waals surface area contributed by atoms with E-state index < -0.39 is 11.7 Å². The molecule has 0 N–H and O–H groups in total. The van der Waals surface area contributed by atoms with Crippen molar-refractivity contribution in [1.82, 2.24) is 14.5 Å². The molecule has 160 valence electrons. The molecule has 0 saturated carbocycles. The molecule has 3 aromatic rings. The average Bonchev–Trinajstić information content (AvgIpc) is 2.71. The summed E-state index contributed by atoms with van der Waals surface area (Å²) in [4.78, 5) is 21.9. The van der Waals surface area contributed by atoms with Gasteiger partial charge in [-0.15, -0.1) is 11.6 Å². The standard InChI is InChI=1S/C21H22ClF3N4O/c1-27(2)11-12-28(3)17-6-4-5-16-19(17)26-18(13-22)29(20(16)30)15-9-7-14(8-10-15)21(23,24)25/h4-10H,11-13H2,1-3H3. The molecule has 0 unspecified atom stereocenters. The molecule has 0 radical (unpaired) electrons. The van der Waals surface area contributed by atoms with Crippen molar-refractivity contribution in [2.45, 2.75) is 12.1 Å². The third kappa shape index (κ3) is 4.44. The molecule has 0 aliphatic heterocycles. The van der Waals surface area contributed by atoms with E-state index in [0.717, 1.165) is 30.9 Å². The van der Waals surface area contributed by atoms with E-state index >= 15 is 0 Å². The second-order valence-electron chi connectivity index (χ2n) is 7.24. The number of halogens is 4. The van der Waals surface area contributed by atoms with Gasteiger partial charge in [0, 0.05) is 20.1 Å². The lowest BCUT2D eigenvalue weighted by atomic mass is 10.1. The Morgan fingerprint density at radius 3 is 2.27 bits per heavy atom. The van der Waals surface area contributed by atoms with Crippen LogP contribution in [0.1, 0.15) is 11.4 Å². The zero-order valence-electron chi connectivity index (χ0n) is 16.9. The smallest absolute Gasteiger partial charge is 0.372 e. The van der Waals surface area contributed by atoms with E-state index in [-0.39, 0.29) is 23.0 Å². The highest BCUT2D eigenvalue weighted by molar-refractivity contribution is 6.16. The predicted molar refractivity (Wildman–Crippen MR) is 114 cm³/mol. The largest absolute Gasteiger partial charge is 0.416 e. The fraction of sp³-hybridized carbons (Fsp3) is 0.333. The summed E-state index contributed by atoms with van der Waals surface area (Å²) >= 11 is 6.07. The Morgan fingerprint density at radius 1 is 1.03 bits per heavy atom. The third-order valence-corrected chi connectivity index (χ3v) is 5.05. The van der Waals surface area contributed by atoms with Gasteiger partial charge in [-0.3, -0.25) is 9.36 Å². The summed E-state index contributed by atoms with van der Waals surface area (Å²) in [5.41, 5.74) is 0.424. The lowest BCUT2D eigenvalue weighted by Crippen LogP contribution is -2.29. The summed E-state index contributed by atoms with van der Waals surface area (Å²) < 4.78 is 39.9. The Hall–Kier alpha value is -2.58. The highest BCUT2D eigenvalue weighted by atomic mass is 35.5. The van der Waals surface area contributed by atoms with Crippen molar-refractivity contribution in [2.24, 2.45) is 0 Å². The zero-order valence-corrected chi connectivity index (χ0v) is 17.6. The Balaban J connectivity index is 2.14. The highest BCUT2D eigenvalue weighted by Crippen LogP contribution is 2.30. The fourth-order valence-electron chi connectivity index (χ4n) is 3.17. The molecule has 3 rings (SSSR count). The van der Waals surface area contributed by atoms with Gasteiger partial charge in [0.1, 0.15) is 11.3 Å². The van der Waals surface area contributed by atoms with Crippen LogP contribution >= 0.6 is 11.6 Å². The van der Waals surface area contributed by atoms with E-state index in [1.54, 1.807) is 12.1 Å². The summed E-state index contributed by atoms with van der Waals surface area (Å²) in [5, 5.41) is 0.373. The van der Waals surface area contributed by atoms with Crippen LogP contribution in [0.25, 0.3) is 16.6 Å². The van der Waals surface area contributed by atoms with Crippen LogP contribution < -0.4 is 10.5 Å². The minimum atomic E-state index is -4.45. The summed E-state index contributed by atoms with van der Waals surface area (Å²) in [6, 6.07) is 9.69. The van der Waals surface area contributed by atoms with Crippen molar-refractivity contribution in [3.63, 3.8) is 0 Å². The monoisotopic (exact) mass is 438 g/mol. The molecular weight excluding hydrogens is 417 g/mol. The maximum atomic E-state index is 13.2. The molecule has 2 aromatic carbocycles. The van der Waals surface area contributed by atoms with Crippen LogP contribution in [-0.4, -0.2) is 48.7 Å². The molecule has 1 aromatic heterocycles. The second kappa shape index (κ2) is 8.65. The Labute approximate surface area is 177 Å². The van der Waals surface area contributed by atoms with Crippen LogP contribution in [-0.2, 0) is 12.1 Å². The molecule has 9 heteroatoms. The second-order valence-corrected chi connectivity index (χ2v) is 7.51. The van der Waals surface area contributed by atoms with E-state index in [4.69, 9.17) is 11.6 Å². The van der Waals surface area contributed by atoms with Crippen LogP contribution in [0.3, 0.4) is 0 Å². The maximum absolute atomic E-state index is 13.2. The van der Waals surface area contributed by atoms with E-state index in [1.807, 2.05) is 32.1 Å². The van der Waals surface area contributed by atoms with Crippen LogP contribution in [0, 0.1) is 0 Å². The first-order valence-corrected chi connectivity index (χ1v) is 9.81. The quantitative estimate of drug-likeness (QED) is 0.542. The van der Waals surface area contributed by atoms with Gasteiger partial charge in [0.15, 0.2) is 0 Å². The van der Waals surface area contributed by atoms with Gasteiger partial charge >= 0.3 is 6.18 Å². The average molecular weight is 439 g/mol. The number of hydrogen-bond acceptors (Lipinski definition) is 4. The lowest BCUT2D eigenvalue weighted by Gasteiger charge is -2.23. The van der Waals surface area contributed by atoms with Crippen molar-refractivity contribution in [3.8, 4) is 5.69 Å². The highest BCUT2D eigenvalue weighted by Gasteiger charge is 2.30. The van der Waals surface area contributed by atoms with Gasteiger partial charge in [0.25, 0.3) is 5.56 Å². The van der Waals surface area contributed by atoms with Crippen molar-refractivity contribution >= 4 is 28.2 Å². The molecule has 0 aliphatic rings. The van der Waals surface area contributed by atoms with Crippen molar-refractivity contribution in [3.05, 3.63) is 64.2 Å². The number of likely N-dealkylation sites (N-methyl/N-ethyl adjacent to an activating group) is 2. The van der Waals surface area contributed by atoms with Crippen LogP contribution in [0.2, 0.25) is 0 Å². The molecule has 5 nitrogen and oxygen atoms in total. The summed E-state index contributed by atoms with van der Waals surface area (Å²) in [5.74, 6) is 0.199. The van der Waals surface area contributed by atoms with Gasteiger partial charge < -0.3 is 9.80 Å². The number of alkyl halides is 4. The molecule has 0 fully saturated rings. The van der Waals surface area contributed by atoms with Crippen LogP contribution in [0.5, 0.6) is 0 Å². The van der Waals surface area contributed by atoms with Gasteiger partial charge in [-0.05, 0) is 50.5 Å². The molecule has 0 bridgehead atoms. The van der Waals surface area contributed by atoms with Crippen molar-refractivity contribution in [2.75, 3.05) is 39.1 Å². The fourth-order valence-corrected chi connectivity index (χ4v) is 3.35. The normalized spacial score (nSPS) is 12.0. The number of rotatable bonds is 6. The van der Waals surface area contributed by atoms with Crippen LogP contribution in [0.4, 0.5) is 18.9 Å². The first kappa shape index (κ1) is 22.1. The predicted octanol–water partition coefficient (Wildman–Crippen LogP) is 4.14. The summed E-state index contributed by atoms with van der Waals surface area (Å²) in [6.45, 7) is 1.55. The van der Waals surface area contributed by atoms with E-state index in [0.29, 0.717) is 10.9 Å². The molecule has 0 spiro atoms. The van der Waals surface area contributed by atoms with Gasteiger partial charge in [-0.25, -0.2) is 4.98 Å². The number of para-hydroxylation sites is 1. The first-order valence-electron chi connectivity index (χ1n) is 9.27. The Kier molecular flexibility index (Phi) is 6.38. The van der Waals surface area contributed by atoms with Crippen LogP contribution in [0.15, 0.2) is 47.3 Å². The summed E-state index contributed by atoms with van der Waals surface area (Å²) in [6.07, 6.45) is -4.45. The third-order valence-electron chi connectivity index (χ3n) is 4.81. The van der Waals surface area contributed by atoms with Gasteiger partial charge in [-0.2, -0.15) is 13.2 Å². The van der Waals surface area contributed by atoms with E-state index in [9.17, 15) is 18.0 Å². The number of fused-ring (bicyclic) bond motifs is 1. The molecule has 0 amide bonds. The van der Waals surface area contributed by atoms with E-state index in [1.165, 1.54) is 16.7 Å². The minimum absolute atomic E-state index is 0.0675. The number of aromatic nitrogens is 2. The minimum Gasteiger partial charge on any atom is -0.372 e. The van der Waals surface area contributed by atoms with Crippen molar-refractivity contribution in [1.29, 1.82) is 0 Å². The van der Waals surface area contributed by atoms with Gasteiger partial charge in [0.2, 0.25) is 0 Å². The Bertz CT molecular complexity index is 1090. The number of hydrogen-bond donors (Lipinski definition) is 0.